The molecule has 4 aromatic heterocycles. The Kier molecular flexibility index (Phi) is 15.4. The van der Waals surface area contributed by atoms with Crippen LogP contribution >= 0.6 is 0 Å². The topological polar surface area (TPSA) is 167 Å². The van der Waals surface area contributed by atoms with Crippen LogP contribution in [0.5, 0.6) is 0 Å². The highest BCUT2D eigenvalue weighted by molar-refractivity contribution is 6.19. The highest BCUT2D eigenvalue weighted by Crippen LogP contribution is 2.36. The number of hydrogen-bond acceptors (Lipinski definition) is 11. The number of rotatable bonds is 14. The van der Waals surface area contributed by atoms with Crippen molar-refractivity contribution in [1.29, 1.82) is 0 Å². The minimum Gasteiger partial charge on any atom is -0.366 e. The average molecular weight is 1010 g/mol. The zero-order valence-corrected chi connectivity index (χ0v) is 41.9. The van der Waals surface area contributed by atoms with Gasteiger partial charge in [-0.2, -0.15) is 0 Å². The summed E-state index contributed by atoms with van der Waals surface area (Å²) in [5, 5.41) is 4.43. The van der Waals surface area contributed by atoms with Gasteiger partial charge >= 0.3 is 0 Å². The number of carbonyl (C=O) groups is 3. The molecule has 0 saturated carbocycles. The molecule has 4 aromatic carbocycles. The summed E-state index contributed by atoms with van der Waals surface area (Å²) >= 11 is 0. The van der Waals surface area contributed by atoms with Crippen LogP contribution in [0, 0.1) is 23.3 Å². The number of aromatic nitrogens is 6. The van der Waals surface area contributed by atoms with E-state index in [2.05, 4.69) is 49.4 Å². The molecule has 16 nitrogen and oxygen atoms in total. The van der Waals surface area contributed by atoms with Gasteiger partial charge in [0.05, 0.1) is 22.2 Å². The molecule has 3 N–H and O–H groups in total. The summed E-state index contributed by atoms with van der Waals surface area (Å²) in [4.78, 5) is 66.8. The molecule has 3 amide bonds. The van der Waals surface area contributed by atoms with Crippen LogP contribution in [0.25, 0.3) is 43.9 Å². The first kappa shape index (κ1) is 51.2. The highest BCUT2D eigenvalue weighted by atomic mass is 19.2. The van der Waals surface area contributed by atoms with Crippen molar-refractivity contribution in [3.63, 3.8) is 0 Å². The Labute approximate surface area is 425 Å². The summed E-state index contributed by atoms with van der Waals surface area (Å²) in [7, 11) is 5.38. The molecule has 0 bridgehead atoms. The molecule has 2 saturated heterocycles. The lowest BCUT2D eigenvalue weighted by atomic mass is 10.1. The van der Waals surface area contributed by atoms with Gasteiger partial charge in [0, 0.05) is 104 Å². The van der Waals surface area contributed by atoms with Gasteiger partial charge in [0.25, 0.3) is 5.91 Å². The first-order valence-corrected chi connectivity index (χ1v) is 24.8. The number of nitrogens with two attached hydrogens (primary N) is 1. The molecule has 0 aliphatic carbocycles. The zero-order valence-electron chi connectivity index (χ0n) is 41.9. The quantitative estimate of drug-likeness (QED) is 0.117. The van der Waals surface area contributed by atoms with Crippen molar-refractivity contribution in [2.75, 3.05) is 95.9 Å². The van der Waals surface area contributed by atoms with E-state index in [0.717, 1.165) is 104 Å². The average Bonchev–Trinajstić information content (AvgIpc) is 3.91. The monoisotopic (exact) mass is 1010 g/mol. The van der Waals surface area contributed by atoms with E-state index in [1.807, 2.05) is 42.8 Å². The van der Waals surface area contributed by atoms with Crippen LogP contribution in [0.15, 0.2) is 85.5 Å². The van der Waals surface area contributed by atoms with E-state index in [0.29, 0.717) is 71.4 Å². The van der Waals surface area contributed by atoms with Crippen LogP contribution in [0.1, 0.15) is 45.2 Å². The van der Waals surface area contributed by atoms with Crippen LogP contribution in [0.3, 0.4) is 0 Å². The van der Waals surface area contributed by atoms with Crippen LogP contribution in [-0.2, 0) is 31.2 Å². The van der Waals surface area contributed by atoms with Gasteiger partial charge in [-0.25, -0.2) is 37.5 Å². The molecule has 0 spiro atoms. The van der Waals surface area contributed by atoms with Gasteiger partial charge in [0.1, 0.15) is 41.3 Å². The molecule has 2 fully saturated rings. The summed E-state index contributed by atoms with van der Waals surface area (Å²) in [6.07, 6.45) is 5.21. The maximum absolute atomic E-state index is 13.6. The number of aryl methyl sites for hydroxylation is 1. The summed E-state index contributed by atoms with van der Waals surface area (Å²) < 4.78 is 57.4. The molecule has 8 aromatic rings. The molecular weight excluding hydrogens is 955 g/mol. The number of anilines is 2. The zero-order chi connectivity index (χ0) is 52.2. The standard InChI is InChI=1S/C27H29F2N7O2.C27H30F2N6O/c1-33(2)22(37)15-36-21-5-3-4-18(26(30)38)23(21)24-25(36)27(32-16-31-24)35-12-10-34(11-13-35)9-8-17-6-7-19(28)20(29)14-17;1-3-10-30-27(36)19-5-4-6-22-23(19)24-25(33(22)2)26(32-17-31-24)35-14-12-34(13-15-35)11-9-18-7-8-20(28)21(29)16-18/h3-7,14,16H,8-13,15H2,1-2H3,(H2,30,38);4-8,16-17H,3,9-15H2,1-2H3,(H,30,36). The molecule has 2 aliphatic heterocycles. The molecule has 74 heavy (non-hydrogen) atoms. The van der Waals surface area contributed by atoms with Crippen LogP contribution in [0.4, 0.5) is 29.2 Å². The summed E-state index contributed by atoms with van der Waals surface area (Å²) in [6.45, 7) is 10.3. The second-order valence-electron chi connectivity index (χ2n) is 18.9. The van der Waals surface area contributed by atoms with Crippen molar-refractivity contribution >= 4 is 73.2 Å². The molecule has 6 heterocycles. The van der Waals surface area contributed by atoms with Crippen LogP contribution < -0.4 is 20.9 Å². The van der Waals surface area contributed by atoms with Gasteiger partial charge in [-0.05, 0) is 78.9 Å². The van der Waals surface area contributed by atoms with Crippen LogP contribution in [0.2, 0.25) is 0 Å². The molecule has 0 radical (unpaired) electrons. The number of primary amides is 1. The minimum atomic E-state index is -0.842. The third-order valence-corrected chi connectivity index (χ3v) is 14.0. The molecule has 0 atom stereocenters. The van der Waals surface area contributed by atoms with E-state index in [1.54, 1.807) is 44.7 Å². The van der Waals surface area contributed by atoms with E-state index in [9.17, 15) is 31.9 Å². The second-order valence-corrected chi connectivity index (χ2v) is 18.9. The Bertz CT molecular complexity index is 3380. The van der Waals surface area contributed by atoms with Crippen LogP contribution in [-0.4, -0.2) is 148 Å². The maximum Gasteiger partial charge on any atom is 0.252 e. The Hall–Kier alpha value is -7.71. The molecule has 20 heteroatoms. The number of amides is 3. The number of fused-ring (bicyclic) bond motifs is 6. The Morgan fingerprint density at radius 2 is 1.14 bits per heavy atom. The number of likely N-dealkylation sites (N-methyl/N-ethyl adjacent to an activating group) is 1. The number of halogens is 4. The predicted molar refractivity (Wildman–Crippen MR) is 278 cm³/mol. The second kappa shape index (κ2) is 22.2. The van der Waals surface area contributed by atoms with Crippen molar-refractivity contribution in [2.45, 2.75) is 32.7 Å². The lowest BCUT2D eigenvalue weighted by molar-refractivity contribution is -0.129. The summed E-state index contributed by atoms with van der Waals surface area (Å²) in [6, 6.07) is 19.1. The maximum atomic E-state index is 13.6. The van der Waals surface area contributed by atoms with Gasteiger partial charge in [0.15, 0.2) is 34.9 Å². The van der Waals surface area contributed by atoms with E-state index < -0.39 is 29.2 Å². The first-order valence-electron chi connectivity index (χ1n) is 24.8. The third kappa shape index (κ3) is 10.5. The number of piperazine rings is 2. The molecule has 386 valence electrons. The molecule has 10 rings (SSSR count). The highest BCUT2D eigenvalue weighted by Gasteiger charge is 2.28. The normalized spacial score (nSPS) is 14.5. The third-order valence-electron chi connectivity index (χ3n) is 14.0. The predicted octanol–water partition coefficient (Wildman–Crippen LogP) is 6.32. The smallest absolute Gasteiger partial charge is 0.252 e. The molecule has 0 unspecified atom stereocenters. The van der Waals surface area contributed by atoms with Crippen molar-refractivity contribution < 1.29 is 31.9 Å². The van der Waals surface area contributed by atoms with E-state index in [4.69, 9.17) is 5.73 Å². The van der Waals surface area contributed by atoms with E-state index >= 15 is 0 Å². The van der Waals surface area contributed by atoms with Gasteiger partial charge < -0.3 is 34.9 Å². The van der Waals surface area contributed by atoms with Crippen molar-refractivity contribution in [2.24, 2.45) is 12.8 Å². The van der Waals surface area contributed by atoms with Gasteiger partial charge in [-0.3, -0.25) is 24.2 Å². The van der Waals surface area contributed by atoms with E-state index in [1.165, 1.54) is 29.4 Å². The lowest BCUT2D eigenvalue weighted by Crippen LogP contribution is -2.47. The molecule has 2 aliphatic rings. The van der Waals surface area contributed by atoms with Crippen molar-refractivity contribution in [1.82, 2.24) is 49.1 Å². The van der Waals surface area contributed by atoms with Crippen molar-refractivity contribution in [3.05, 3.63) is 131 Å². The fraction of sp³-hybridized carbons (Fsp3) is 0.352. The summed E-state index contributed by atoms with van der Waals surface area (Å²) in [5.41, 5.74) is 12.8. The Morgan fingerprint density at radius 3 is 1.65 bits per heavy atom. The van der Waals surface area contributed by atoms with Crippen molar-refractivity contribution in [3.8, 4) is 0 Å². The van der Waals surface area contributed by atoms with Gasteiger partial charge in [-0.1, -0.05) is 31.2 Å². The lowest BCUT2D eigenvalue weighted by Gasteiger charge is -2.35. The number of nitrogens with zero attached hydrogens (tertiary/aromatic N) is 11. The van der Waals surface area contributed by atoms with Gasteiger partial charge in [-0.15, -0.1) is 0 Å². The molecular formula is C54H59F4N13O3. The first-order chi connectivity index (χ1) is 35.7. The fourth-order valence-corrected chi connectivity index (χ4v) is 9.95. The minimum absolute atomic E-state index is 0.0593. The number of carbonyl (C=O) groups excluding carboxylic acids is 3. The van der Waals surface area contributed by atoms with E-state index in [-0.39, 0.29) is 18.4 Å². The fourth-order valence-electron chi connectivity index (χ4n) is 9.95. The number of nitrogens with one attached hydrogen (secondary N) is 1. The number of hydrogen-bond donors (Lipinski definition) is 2. The largest absolute Gasteiger partial charge is 0.366 e. The van der Waals surface area contributed by atoms with Gasteiger partial charge in [0.2, 0.25) is 11.8 Å². The Morgan fingerprint density at radius 1 is 0.635 bits per heavy atom. The Balaban J connectivity index is 0.000000182. The SMILES string of the molecule is CCCNC(=O)c1cccc2c1c1ncnc(N3CCN(CCc4ccc(F)c(F)c4)CC3)c1n2C.CN(C)C(=O)Cn1c2cccc(C(N)=O)c2c2ncnc(N3CCN(CCc4ccc(F)c(F)c4)CC3)c21. The number of benzene rings is 4. The summed E-state index contributed by atoms with van der Waals surface area (Å²) in [5.74, 6) is -2.50.